The Morgan fingerprint density at radius 3 is 2.62 bits per heavy atom. The molecule has 10 heteroatoms. The highest BCUT2D eigenvalue weighted by Gasteiger charge is 2.23. The molecule has 0 unspecified atom stereocenters. The van der Waals surface area contributed by atoms with Crippen LogP contribution in [0, 0.1) is 12.7 Å². The lowest BCUT2D eigenvalue weighted by molar-refractivity contribution is 0.565. The van der Waals surface area contributed by atoms with E-state index in [-0.39, 0.29) is 27.2 Å². The van der Waals surface area contributed by atoms with Crippen LogP contribution in [0.25, 0.3) is 0 Å². The molecular formula is C11H9Cl2FN4O2S. The molecule has 0 saturated carbocycles. The topological polar surface area (TPSA) is 98.0 Å². The minimum Gasteiger partial charge on any atom is -0.399 e. The molecule has 21 heavy (non-hydrogen) atoms. The van der Waals surface area contributed by atoms with Gasteiger partial charge in [-0.2, -0.15) is 0 Å². The van der Waals surface area contributed by atoms with Crippen LogP contribution in [-0.4, -0.2) is 18.4 Å². The zero-order chi connectivity index (χ0) is 15.8. The van der Waals surface area contributed by atoms with Crippen molar-refractivity contribution >= 4 is 44.7 Å². The van der Waals surface area contributed by atoms with Crippen molar-refractivity contribution in [3.05, 3.63) is 40.0 Å². The standard InChI is InChI=1S/C11H9Cl2FN4O2S/c1-5-2-6(15)3-7(9(5)14)21(19,20)18-11-8(12)10(13)16-4-17-11/h2-4H,15H2,1H3,(H,16,17,18). The molecule has 0 amide bonds. The van der Waals surface area contributed by atoms with Crippen molar-refractivity contribution in [2.24, 2.45) is 0 Å². The second-order valence-electron chi connectivity index (χ2n) is 4.08. The van der Waals surface area contributed by atoms with E-state index in [1.54, 1.807) is 0 Å². The number of nitrogens with two attached hydrogens (primary N) is 1. The molecule has 6 nitrogen and oxygen atoms in total. The normalized spacial score (nSPS) is 11.4. The van der Waals surface area contributed by atoms with Crippen LogP contribution in [0.5, 0.6) is 0 Å². The highest BCUT2D eigenvalue weighted by molar-refractivity contribution is 7.92. The van der Waals surface area contributed by atoms with Crippen LogP contribution in [0.4, 0.5) is 15.9 Å². The summed E-state index contributed by atoms with van der Waals surface area (Å²) in [5, 5.41) is -0.322. The summed E-state index contributed by atoms with van der Waals surface area (Å²) in [6, 6.07) is 2.32. The van der Waals surface area contributed by atoms with E-state index in [2.05, 4.69) is 9.97 Å². The molecular weight excluding hydrogens is 342 g/mol. The maximum absolute atomic E-state index is 14.0. The number of aryl methyl sites for hydroxylation is 1. The largest absolute Gasteiger partial charge is 0.399 e. The third kappa shape index (κ3) is 3.17. The monoisotopic (exact) mass is 350 g/mol. The van der Waals surface area contributed by atoms with Crippen molar-refractivity contribution in [1.29, 1.82) is 0 Å². The lowest BCUT2D eigenvalue weighted by Crippen LogP contribution is -2.17. The minimum atomic E-state index is -4.27. The molecule has 3 N–H and O–H groups in total. The quantitative estimate of drug-likeness (QED) is 0.654. The second kappa shape index (κ2) is 5.63. The van der Waals surface area contributed by atoms with E-state index >= 15 is 0 Å². The molecule has 2 rings (SSSR count). The third-order valence-corrected chi connectivity index (χ3v) is 4.59. The van der Waals surface area contributed by atoms with E-state index in [1.165, 1.54) is 13.0 Å². The average molecular weight is 351 g/mol. The molecule has 0 aliphatic carbocycles. The SMILES string of the molecule is Cc1cc(N)cc(S(=O)(=O)Nc2ncnc(Cl)c2Cl)c1F. The van der Waals surface area contributed by atoms with E-state index < -0.39 is 20.7 Å². The van der Waals surface area contributed by atoms with Crippen LogP contribution in [0.3, 0.4) is 0 Å². The van der Waals surface area contributed by atoms with Gasteiger partial charge < -0.3 is 5.73 Å². The number of anilines is 2. The number of rotatable bonds is 3. The van der Waals surface area contributed by atoms with Crippen LogP contribution in [-0.2, 0) is 10.0 Å². The molecule has 112 valence electrons. The Bertz CT molecular complexity index is 814. The molecule has 1 heterocycles. The molecule has 0 radical (unpaired) electrons. The number of aromatic nitrogens is 2. The first kappa shape index (κ1) is 15.7. The van der Waals surface area contributed by atoms with Gasteiger partial charge in [-0.15, -0.1) is 0 Å². The molecule has 0 atom stereocenters. The van der Waals surface area contributed by atoms with Crippen molar-refractivity contribution < 1.29 is 12.8 Å². The summed E-state index contributed by atoms with van der Waals surface area (Å²) in [5.41, 5.74) is 5.75. The predicted octanol–water partition coefficient (Wildman–Crippen LogP) is 2.61. The van der Waals surface area contributed by atoms with E-state index in [4.69, 9.17) is 28.9 Å². The maximum atomic E-state index is 14.0. The van der Waals surface area contributed by atoms with Gasteiger partial charge in [-0.25, -0.2) is 22.8 Å². The van der Waals surface area contributed by atoms with E-state index in [1.807, 2.05) is 4.72 Å². The summed E-state index contributed by atoms with van der Waals surface area (Å²) < 4.78 is 40.5. The fraction of sp³-hybridized carbons (Fsp3) is 0.0909. The lowest BCUT2D eigenvalue weighted by atomic mass is 10.2. The Morgan fingerprint density at radius 1 is 1.29 bits per heavy atom. The molecule has 0 saturated heterocycles. The van der Waals surface area contributed by atoms with Gasteiger partial charge in [0.15, 0.2) is 11.0 Å². The number of benzene rings is 1. The highest BCUT2D eigenvalue weighted by atomic mass is 35.5. The average Bonchev–Trinajstić information content (AvgIpc) is 2.39. The van der Waals surface area contributed by atoms with Gasteiger partial charge >= 0.3 is 0 Å². The van der Waals surface area contributed by atoms with E-state index in [0.29, 0.717) is 0 Å². The zero-order valence-corrected chi connectivity index (χ0v) is 12.9. The summed E-state index contributed by atoms with van der Waals surface area (Å²) in [7, 11) is -4.27. The number of hydrogen-bond acceptors (Lipinski definition) is 5. The molecule has 2 aromatic rings. The Labute approximate surface area is 130 Å². The molecule has 0 spiro atoms. The smallest absolute Gasteiger partial charge is 0.266 e. The van der Waals surface area contributed by atoms with Gasteiger partial charge in [0.2, 0.25) is 0 Å². The summed E-state index contributed by atoms with van der Waals surface area (Å²) in [6.07, 6.45) is 1.02. The highest BCUT2D eigenvalue weighted by Crippen LogP contribution is 2.29. The Morgan fingerprint density at radius 2 is 1.95 bits per heavy atom. The van der Waals surface area contributed by atoms with Gasteiger partial charge in [0.25, 0.3) is 10.0 Å². The van der Waals surface area contributed by atoms with Gasteiger partial charge in [0.1, 0.15) is 22.1 Å². The molecule has 0 fully saturated rings. The number of nitrogen functional groups attached to an aromatic ring is 1. The van der Waals surface area contributed by atoms with Crippen molar-refractivity contribution in [2.45, 2.75) is 11.8 Å². The summed E-state index contributed by atoms with van der Waals surface area (Å²) >= 11 is 11.4. The number of nitrogens with one attached hydrogen (secondary N) is 1. The number of hydrogen-bond donors (Lipinski definition) is 2. The zero-order valence-electron chi connectivity index (χ0n) is 10.6. The van der Waals surface area contributed by atoms with Gasteiger partial charge in [-0.3, -0.25) is 4.72 Å². The fourth-order valence-electron chi connectivity index (χ4n) is 1.56. The first-order valence-corrected chi connectivity index (χ1v) is 7.70. The van der Waals surface area contributed by atoms with Gasteiger partial charge in [0.05, 0.1) is 0 Å². The molecule has 1 aromatic carbocycles. The lowest BCUT2D eigenvalue weighted by Gasteiger charge is -2.11. The summed E-state index contributed by atoms with van der Waals surface area (Å²) in [4.78, 5) is 6.63. The van der Waals surface area contributed by atoms with Crippen LogP contribution in [0.15, 0.2) is 23.4 Å². The van der Waals surface area contributed by atoms with Gasteiger partial charge in [-0.05, 0) is 24.6 Å². The molecule has 0 aliphatic rings. The maximum Gasteiger partial charge on any atom is 0.266 e. The second-order valence-corrected chi connectivity index (χ2v) is 6.47. The summed E-state index contributed by atoms with van der Waals surface area (Å²) in [5.74, 6) is -1.16. The van der Waals surface area contributed by atoms with Crippen LogP contribution in [0.1, 0.15) is 5.56 Å². The van der Waals surface area contributed by atoms with Crippen molar-refractivity contribution in [2.75, 3.05) is 10.5 Å². The van der Waals surface area contributed by atoms with Gasteiger partial charge in [0, 0.05) is 5.69 Å². The van der Waals surface area contributed by atoms with Crippen molar-refractivity contribution in [1.82, 2.24) is 9.97 Å². The molecule has 1 aromatic heterocycles. The number of sulfonamides is 1. The third-order valence-electron chi connectivity index (χ3n) is 2.51. The van der Waals surface area contributed by atoms with Crippen molar-refractivity contribution in [3.8, 4) is 0 Å². The van der Waals surface area contributed by atoms with E-state index in [9.17, 15) is 12.8 Å². The summed E-state index contributed by atoms with van der Waals surface area (Å²) in [6.45, 7) is 1.40. The number of halogens is 3. The number of nitrogens with zero attached hydrogens (tertiary/aromatic N) is 2. The Balaban J connectivity index is 2.51. The van der Waals surface area contributed by atoms with Crippen LogP contribution < -0.4 is 10.5 Å². The van der Waals surface area contributed by atoms with Crippen LogP contribution >= 0.6 is 23.2 Å². The first-order chi connectivity index (χ1) is 9.72. The fourth-order valence-corrected chi connectivity index (χ4v) is 3.10. The Hall–Kier alpha value is -1.64. The van der Waals surface area contributed by atoms with Gasteiger partial charge in [-0.1, -0.05) is 23.2 Å². The Kier molecular flexibility index (Phi) is 4.22. The van der Waals surface area contributed by atoms with E-state index in [0.717, 1.165) is 12.4 Å². The first-order valence-electron chi connectivity index (χ1n) is 5.47. The molecule has 0 aliphatic heterocycles. The predicted molar refractivity (Wildman–Crippen MR) is 78.4 cm³/mol. The van der Waals surface area contributed by atoms with Crippen LogP contribution in [0.2, 0.25) is 10.2 Å². The van der Waals surface area contributed by atoms with Crippen molar-refractivity contribution in [3.63, 3.8) is 0 Å². The minimum absolute atomic E-state index is 0.0993. The molecule has 0 bridgehead atoms.